The lowest BCUT2D eigenvalue weighted by Gasteiger charge is -2.06. The van der Waals surface area contributed by atoms with Crippen molar-refractivity contribution >= 4 is 21.7 Å². The molecule has 19 heavy (non-hydrogen) atoms. The van der Waals surface area contributed by atoms with E-state index in [1.165, 1.54) is 18.3 Å². The van der Waals surface area contributed by atoms with Crippen molar-refractivity contribution in [2.75, 3.05) is 5.33 Å². The van der Waals surface area contributed by atoms with Crippen molar-refractivity contribution < 1.29 is 13.9 Å². The molecule has 0 radical (unpaired) electrons. The predicted octanol–water partition coefficient (Wildman–Crippen LogP) is 3.90. The van der Waals surface area contributed by atoms with Gasteiger partial charge in [-0.15, -0.1) is 0 Å². The third kappa shape index (κ3) is 3.61. The van der Waals surface area contributed by atoms with E-state index < -0.39 is 0 Å². The first-order valence-corrected chi connectivity index (χ1v) is 6.71. The molecular formula is C14H11BrFNO2. The van der Waals surface area contributed by atoms with Crippen LogP contribution in [-0.4, -0.2) is 16.1 Å². The molecule has 2 rings (SSSR count). The quantitative estimate of drug-likeness (QED) is 0.632. The fourth-order valence-corrected chi connectivity index (χ4v) is 1.86. The Morgan fingerprint density at radius 2 is 2.11 bits per heavy atom. The first-order chi connectivity index (χ1) is 9.08. The molecule has 1 aromatic heterocycles. The van der Waals surface area contributed by atoms with Gasteiger partial charge in [-0.25, -0.2) is 9.37 Å². The number of Topliss-reactive ketones (excluding diaryl/α,β-unsaturated/α-hetero) is 1. The number of nitrogens with zero attached hydrogens (tertiary/aromatic N) is 1. The number of ketones is 1. The van der Waals surface area contributed by atoms with E-state index in [9.17, 15) is 9.18 Å². The molecule has 3 nitrogen and oxygen atoms in total. The first kappa shape index (κ1) is 13.7. The topological polar surface area (TPSA) is 39.2 Å². The number of hydrogen-bond donors (Lipinski definition) is 0. The van der Waals surface area contributed by atoms with Crippen LogP contribution in [-0.2, 0) is 0 Å². The van der Waals surface area contributed by atoms with Crippen LogP contribution in [0.2, 0.25) is 0 Å². The normalized spacial score (nSPS) is 10.3. The van der Waals surface area contributed by atoms with Crippen molar-refractivity contribution in [1.29, 1.82) is 0 Å². The molecule has 0 amide bonds. The fourth-order valence-electron chi connectivity index (χ4n) is 1.57. The van der Waals surface area contributed by atoms with E-state index in [2.05, 4.69) is 20.9 Å². The molecule has 0 bridgehead atoms. The van der Waals surface area contributed by atoms with Gasteiger partial charge < -0.3 is 4.74 Å². The van der Waals surface area contributed by atoms with E-state index in [4.69, 9.17) is 4.74 Å². The number of carbonyl (C=O) groups is 1. The number of hydrogen-bond acceptors (Lipinski definition) is 3. The van der Waals surface area contributed by atoms with Crippen molar-refractivity contribution in [2.24, 2.45) is 0 Å². The second-order valence-corrected chi connectivity index (χ2v) is 4.56. The van der Waals surface area contributed by atoms with Gasteiger partial charge in [0, 0.05) is 6.07 Å². The number of ether oxygens (including phenoxy) is 1. The highest BCUT2D eigenvalue weighted by Gasteiger charge is 2.06. The number of alkyl halides is 1. The van der Waals surface area contributed by atoms with Crippen molar-refractivity contribution in [2.45, 2.75) is 6.92 Å². The maximum atomic E-state index is 13.2. The Hall–Kier alpha value is -1.75. The number of carbonyl (C=O) groups excluding carboxylic acids is 1. The average molecular weight is 324 g/mol. The smallest absolute Gasteiger partial charge is 0.191 e. The second kappa shape index (κ2) is 5.93. The van der Waals surface area contributed by atoms with E-state index >= 15 is 0 Å². The molecule has 0 unspecified atom stereocenters. The minimum atomic E-state index is -0.353. The summed E-state index contributed by atoms with van der Waals surface area (Å²) < 4.78 is 18.7. The summed E-state index contributed by atoms with van der Waals surface area (Å²) in [6, 6.07) is 7.64. The molecule has 98 valence electrons. The third-order valence-electron chi connectivity index (χ3n) is 2.39. The highest BCUT2D eigenvalue weighted by Crippen LogP contribution is 2.23. The molecule has 2 aromatic rings. The van der Waals surface area contributed by atoms with Crippen LogP contribution in [0, 0.1) is 12.7 Å². The highest BCUT2D eigenvalue weighted by atomic mass is 79.9. The van der Waals surface area contributed by atoms with Gasteiger partial charge in [-0.1, -0.05) is 15.9 Å². The van der Waals surface area contributed by atoms with Crippen LogP contribution < -0.4 is 4.74 Å². The van der Waals surface area contributed by atoms with Crippen molar-refractivity contribution in [3.63, 3.8) is 0 Å². The number of rotatable bonds is 4. The fraction of sp³-hybridized carbons (Fsp3) is 0.143. The second-order valence-electron chi connectivity index (χ2n) is 4.00. The molecule has 0 N–H and O–H groups in total. The van der Waals surface area contributed by atoms with Crippen molar-refractivity contribution in [1.82, 2.24) is 4.98 Å². The molecule has 0 saturated heterocycles. The van der Waals surface area contributed by atoms with Crippen molar-refractivity contribution in [3.8, 4) is 11.5 Å². The highest BCUT2D eigenvalue weighted by molar-refractivity contribution is 9.09. The van der Waals surface area contributed by atoms with E-state index in [0.717, 1.165) is 5.56 Å². The maximum absolute atomic E-state index is 13.2. The Morgan fingerprint density at radius 3 is 2.68 bits per heavy atom. The van der Waals surface area contributed by atoms with Gasteiger partial charge in [0.15, 0.2) is 5.78 Å². The summed E-state index contributed by atoms with van der Waals surface area (Å²) in [5.41, 5.74) is 1.13. The lowest BCUT2D eigenvalue weighted by atomic mass is 10.2. The summed E-state index contributed by atoms with van der Waals surface area (Å²) in [4.78, 5) is 15.4. The lowest BCUT2D eigenvalue weighted by Crippen LogP contribution is -2.02. The van der Waals surface area contributed by atoms with Gasteiger partial charge in [0.2, 0.25) is 0 Å². The Bertz CT molecular complexity index is 579. The predicted molar refractivity (Wildman–Crippen MR) is 73.6 cm³/mol. The molecular weight excluding hydrogens is 313 g/mol. The van der Waals surface area contributed by atoms with E-state index in [1.54, 1.807) is 25.1 Å². The zero-order valence-electron chi connectivity index (χ0n) is 10.2. The molecule has 0 atom stereocenters. The molecule has 0 saturated carbocycles. The summed E-state index contributed by atoms with van der Waals surface area (Å²) in [6.45, 7) is 1.78. The third-order valence-corrected chi connectivity index (χ3v) is 2.90. The minimum Gasteiger partial charge on any atom is -0.456 e. The Morgan fingerprint density at radius 1 is 1.32 bits per heavy atom. The standard InChI is InChI=1S/C14H11BrFNO2/c1-9-4-10(16)6-12(5-9)19-11-2-3-13(17-8-11)14(18)7-15/h2-6,8H,7H2,1H3. The number of aryl methyl sites for hydroxylation is 1. The van der Waals surface area contributed by atoms with Crippen LogP contribution in [0.4, 0.5) is 4.39 Å². The molecule has 0 aliphatic heterocycles. The molecule has 0 fully saturated rings. The monoisotopic (exact) mass is 323 g/mol. The molecule has 5 heteroatoms. The lowest BCUT2D eigenvalue weighted by molar-refractivity contribution is 0.101. The number of benzene rings is 1. The van der Waals surface area contributed by atoms with E-state index in [-0.39, 0.29) is 16.9 Å². The van der Waals surface area contributed by atoms with Crippen LogP contribution in [0.5, 0.6) is 11.5 Å². The summed E-state index contributed by atoms with van der Waals surface area (Å²) in [5.74, 6) is 0.400. The summed E-state index contributed by atoms with van der Waals surface area (Å²) in [5, 5.41) is 0.225. The van der Waals surface area contributed by atoms with Gasteiger partial charge in [0.25, 0.3) is 0 Å². The van der Waals surface area contributed by atoms with Gasteiger partial charge >= 0.3 is 0 Å². The summed E-state index contributed by atoms with van der Waals surface area (Å²) in [6.07, 6.45) is 1.44. The van der Waals surface area contributed by atoms with E-state index in [0.29, 0.717) is 17.2 Å². The van der Waals surface area contributed by atoms with Crippen molar-refractivity contribution in [3.05, 3.63) is 53.6 Å². The number of pyridine rings is 1. The molecule has 0 aliphatic carbocycles. The Labute approximate surface area is 118 Å². The molecule has 0 aliphatic rings. The summed E-state index contributed by atoms with van der Waals surface area (Å²) >= 11 is 3.08. The molecule has 0 spiro atoms. The van der Waals surface area contributed by atoms with Gasteiger partial charge in [-0.2, -0.15) is 0 Å². The first-order valence-electron chi connectivity index (χ1n) is 5.59. The zero-order chi connectivity index (χ0) is 13.8. The van der Waals surface area contributed by atoms with Crippen LogP contribution in [0.25, 0.3) is 0 Å². The summed E-state index contributed by atoms with van der Waals surface area (Å²) in [7, 11) is 0. The van der Waals surface area contributed by atoms with Crippen LogP contribution in [0.15, 0.2) is 36.5 Å². The molecule has 1 heterocycles. The SMILES string of the molecule is Cc1cc(F)cc(Oc2ccc(C(=O)CBr)nc2)c1. The maximum Gasteiger partial charge on any atom is 0.191 e. The minimum absolute atomic E-state index is 0.104. The van der Waals surface area contributed by atoms with Crippen LogP contribution in [0.1, 0.15) is 16.1 Å². The van der Waals surface area contributed by atoms with Gasteiger partial charge in [-0.05, 0) is 36.8 Å². The average Bonchev–Trinajstić information content (AvgIpc) is 2.37. The Kier molecular flexibility index (Phi) is 4.27. The van der Waals surface area contributed by atoms with Crippen LogP contribution in [0.3, 0.4) is 0 Å². The van der Waals surface area contributed by atoms with E-state index in [1.807, 2.05) is 0 Å². The zero-order valence-corrected chi connectivity index (χ0v) is 11.8. The van der Waals surface area contributed by atoms with Gasteiger partial charge in [0.05, 0.1) is 11.5 Å². The number of aromatic nitrogens is 1. The largest absolute Gasteiger partial charge is 0.456 e. The Balaban J connectivity index is 2.17. The van der Waals surface area contributed by atoms with Gasteiger partial charge in [-0.3, -0.25) is 4.79 Å². The number of halogens is 2. The van der Waals surface area contributed by atoms with Crippen LogP contribution >= 0.6 is 15.9 Å². The van der Waals surface area contributed by atoms with Gasteiger partial charge in [0.1, 0.15) is 23.0 Å². The molecule has 1 aromatic carbocycles.